The van der Waals surface area contributed by atoms with E-state index < -0.39 is 11.9 Å². The molecule has 5 heteroatoms. The molecule has 0 unspecified atom stereocenters. The predicted molar refractivity (Wildman–Crippen MR) is 108 cm³/mol. The van der Waals surface area contributed by atoms with Gasteiger partial charge in [0, 0.05) is 18.8 Å². The number of carbonyl (C=O) groups is 1. The molecule has 0 saturated carbocycles. The molecule has 28 heavy (non-hydrogen) atoms. The second-order valence-corrected chi connectivity index (χ2v) is 6.96. The maximum Gasteiger partial charge on any atom is 0.263 e. The van der Waals surface area contributed by atoms with Crippen LogP contribution in [0.5, 0.6) is 0 Å². The zero-order chi connectivity index (χ0) is 20.3. The first-order valence-electron chi connectivity index (χ1n) is 9.15. The van der Waals surface area contributed by atoms with E-state index in [9.17, 15) is 14.0 Å². The van der Waals surface area contributed by atoms with Gasteiger partial charge in [0.2, 0.25) is 0 Å². The van der Waals surface area contributed by atoms with E-state index >= 15 is 0 Å². The largest absolute Gasteiger partial charge is 0.335 e. The zero-order valence-electron chi connectivity index (χ0n) is 16.2. The third kappa shape index (κ3) is 4.03. The summed E-state index contributed by atoms with van der Waals surface area (Å²) in [4.78, 5) is 27.2. The lowest BCUT2D eigenvalue weighted by Gasteiger charge is -2.25. The molecule has 0 saturated heterocycles. The molecule has 1 aromatic heterocycles. The van der Waals surface area contributed by atoms with Crippen LogP contribution in [0.3, 0.4) is 0 Å². The van der Waals surface area contributed by atoms with Crippen LogP contribution in [0.2, 0.25) is 0 Å². The number of nitrogens with zero attached hydrogens (tertiary/aromatic N) is 2. The molecule has 144 valence electrons. The summed E-state index contributed by atoms with van der Waals surface area (Å²) in [5, 5.41) is 0. The van der Waals surface area contributed by atoms with E-state index in [4.69, 9.17) is 0 Å². The minimum Gasteiger partial charge on any atom is -0.335 e. The lowest BCUT2D eigenvalue weighted by Crippen LogP contribution is -2.36. The Kier molecular flexibility index (Phi) is 5.73. The second kappa shape index (κ2) is 8.21. The Bertz CT molecular complexity index is 1060. The van der Waals surface area contributed by atoms with E-state index in [-0.39, 0.29) is 16.9 Å². The molecule has 3 rings (SSSR count). The van der Waals surface area contributed by atoms with Crippen molar-refractivity contribution in [1.82, 2.24) is 9.47 Å². The van der Waals surface area contributed by atoms with Gasteiger partial charge in [-0.05, 0) is 37.6 Å². The molecule has 1 heterocycles. The number of amides is 1. The number of hydrogen-bond donors (Lipinski definition) is 0. The van der Waals surface area contributed by atoms with Gasteiger partial charge in [0.15, 0.2) is 0 Å². The Morgan fingerprint density at radius 1 is 1.11 bits per heavy atom. The molecule has 0 aliphatic carbocycles. The second-order valence-electron chi connectivity index (χ2n) is 6.96. The Morgan fingerprint density at radius 2 is 1.86 bits per heavy atom. The summed E-state index contributed by atoms with van der Waals surface area (Å²) in [7, 11) is 1.58. The number of halogens is 1. The summed E-state index contributed by atoms with van der Waals surface area (Å²) in [5.41, 5.74) is 2.22. The van der Waals surface area contributed by atoms with Crippen molar-refractivity contribution >= 4 is 5.91 Å². The predicted octanol–water partition coefficient (Wildman–Crippen LogP) is 4.18. The Hall–Kier alpha value is -3.21. The highest BCUT2D eigenvalue weighted by atomic mass is 19.1. The highest BCUT2D eigenvalue weighted by Gasteiger charge is 2.23. The van der Waals surface area contributed by atoms with Gasteiger partial charge in [0.25, 0.3) is 11.5 Å². The third-order valence-corrected chi connectivity index (χ3v) is 4.94. The Labute approximate surface area is 163 Å². The quantitative estimate of drug-likeness (QED) is 0.668. The molecule has 0 bridgehead atoms. The van der Waals surface area contributed by atoms with Crippen molar-refractivity contribution in [2.45, 2.75) is 26.4 Å². The van der Waals surface area contributed by atoms with Crippen molar-refractivity contribution in [1.29, 1.82) is 0 Å². The van der Waals surface area contributed by atoms with Gasteiger partial charge in [-0.3, -0.25) is 9.59 Å². The molecule has 0 radical (unpaired) electrons. The summed E-state index contributed by atoms with van der Waals surface area (Å²) in [6, 6.07) is 16.9. The van der Waals surface area contributed by atoms with Crippen LogP contribution in [-0.4, -0.2) is 22.4 Å². The topological polar surface area (TPSA) is 42.3 Å². The third-order valence-electron chi connectivity index (χ3n) is 4.94. The van der Waals surface area contributed by atoms with Gasteiger partial charge in [-0.25, -0.2) is 4.39 Å². The number of carbonyl (C=O) groups excluding carboxylic acids is 1. The van der Waals surface area contributed by atoms with Crippen LogP contribution >= 0.6 is 0 Å². The van der Waals surface area contributed by atoms with Gasteiger partial charge in [0.05, 0.1) is 12.6 Å². The average Bonchev–Trinajstić information content (AvgIpc) is 2.68. The minimum absolute atomic E-state index is 0.0702. The maximum atomic E-state index is 14.1. The van der Waals surface area contributed by atoms with Gasteiger partial charge in [-0.2, -0.15) is 0 Å². The first-order valence-corrected chi connectivity index (χ1v) is 9.15. The van der Waals surface area contributed by atoms with Crippen LogP contribution < -0.4 is 5.56 Å². The Morgan fingerprint density at radius 3 is 2.57 bits per heavy atom. The highest BCUT2D eigenvalue weighted by Crippen LogP contribution is 2.22. The number of hydrogen-bond acceptors (Lipinski definition) is 2. The Balaban J connectivity index is 1.88. The highest BCUT2D eigenvalue weighted by molar-refractivity contribution is 5.93. The molecular formula is C23H23FN2O2. The fourth-order valence-corrected chi connectivity index (χ4v) is 3.22. The average molecular weight is 378 g/mol. The number of benzene rings is 2. The minimum atomic E-state index is -0.501. The van der Waals surface area contributed by atoms with Crippen molar-refractivity contribution < 1.29 is 9.18 Å². The molecule has 2 aromatic carbocycles. The fourth-order valence-electron chi connectivity index (χ4n) is 3.22. The molecule has 1 atom stereocenters. The number of rotatable bonds is 5. The van der Waals surface area contributed by atoms with Crippen LogP contribution in [0.25, 0.3) is 0 Å². The van der Waals surface area contributed by atoms with Crippen molar-refractivity contribution in [3.63, 3.8) is 0 Å². The standard InChI is InChI=1S/C23H23FN2O2/c1-16-8-6-9-18(14-16)15-26-13-7-11-20(23(26)28)22(27)25(3)17(2)19-10-4-5-12-21(19)24/h4-14,17H,15H2,1-3H3/t17-/m0/s1. The van der Waals surface area contributed by atoms with Crippen LogP contribution in [0.1, 0.15) is 40.0 Å². The summed E-state index contributed by atoms with van der Waals surface area (Å²) >= 11 is 0. The van der Waals surface area contributed by atoms with Crippen molar-refractivity contribution in [2.75, 3.05) is 7.05 Å². The van der Waals surface area contributed by atoms with Crippen molar-refractivity contribution in [3.05, 3.63) is 105 Å². The monoisotopic (exact) mass is 378 g/mol. The van der Waals surface area contributed by atoms with E-state index in [2.05, 4.69) is 0 Å². The molecular weight excluding hydrogens is 355 g/mol. The molecule has 4 nitrogen and oxygen atoms in total. The molecule has 0 spiro atoms. The van der Waals surface area contributed by atoms with Gasteiger partial charge < -0.3 is 9.47 Å². The van der Waals surface area contributed by atoms with E-state index in [1.165, 1.54) is 21.6 Å². The first-order chi connectivity index (χ1) is 13.4. The number of pyridine rings is 1. The number of aromatic nitrogens is 1. The molecule has 3 aromatic rings. The number of aryl methyl sites for hydroxylation is 1. The van der Waals surface area contributed by atoms with Gasteiger partial charge in [0.1, 0.15) is 11.4 Å². The molecule has 0 aliphatic rings. The van der Waals surface area contributed by atoms with Crippen LogP contribution in [0.15, 0.2) is 71.7 Å². The van der Waals surface area contributed by atoms with Gasteiger partial charge in [-0.15, -0.1) is 0 Å². The van der Waals surface area contributed by atoms with Crippen molar-refractivity contribution in [3.8, 4) is 0 Å². The first kappa shape index (κ1) is 19.5. The SMILES string of the molecule is Cc1cccc(Cn2cccc(C(=O)N(C)[C@@H](C)c3ccccc3F)c2=O)c1. The van der Waals surface area contributed by atoms with Crippen LogP contribution in [0.4, 0.5) is 4.39 Å². The molecule has 1 amide bonds. The maximum absolute atomic E-state index is 14.1. The van der Waals surface area contributed by atoms with Crippen LogP contribution in [-0.2, 0) is 6.54 Å². The summed E-state index contributed by atoms with van der Waals surface area (Å²) < 4.78 is 15.6. The zero-order valence-corrected chi connectivity index (χ0v) is 16.2. The fraction of sp³-hybridized carbons (Fsp3) is 0.217. The molecule has 0 aliphatic heterocycles. The van der Waals surface area contributed by atoms with Gasteiger partial charge >= 0.3 is 0 Å². The summed E-state index contributed by atoms with van der Waals surface area (Å²) in [6.07, 6.45) is 1.67. The van der Waals surface area contributed by atoms with E-state index in [1.807, 2.05) is 31.2 Å². The van der Waals surface area contributed by atoms with E-state index in [0.717, 1.165) is 11.1 Å². The van der Waals surface area contributed by atoms with Crippen molar-refractivity contribution in [2.24, 2.45) is 0 Å². The smallest absolute Gasteiger partial charge is 0.263 e. The lowest BCUT2D eigenvalue weighted by atomic mass is 10.1. The van der Waals surface area contributed by atoms with E-state index in [1.54, 1.807) is 44.4 Å². The summed E-state index contributed by atoms with van der Waals surface area (Å²) in [6.45, 7) is 4.12. The molecule has 0 fully saturated rings. The summed E-state index contributed by atoms with van der Waals surface area (Å²) in [5.74, 6) is -0.807. The molecule has 0 N–H and O–H groups in total. The normalized spacial score (nSPS) is 11.9. The lowest BCUT2D eigenvalue weighted by molar-refractivity contribution is 0.0738. The van der Waals surface area contributed by atoms with Gasteiger partial charge in [-0.1, -0.05) is 48.0 Å². The van der Waals surface area contributed by atoms with E-state index in [0.29, 0.717) is 12.1 Å². The van der Waals surface area contributed by atoms with Crippen LogP contribution in [0, 0.1) is 12.7 Å².